The molecule has 1 aromatic rings. The zero-order chi connectivity index (χ0) is 19.6. The molecule has 5 nitrogen and oxygen atoms in total. The first-order chi connectivity index (χ1) is 13.0. The minimum atomic E-state index is -0.0746. The highest BCUT2D eigenvalue weighted by Crippen LogP contribution is 2.20. The summed E-state index contributed by atoms with van der Waals surface area (Å²) in [4.78, 5) is 17.3. The van der Waals surface area contributed by atoms with Crippen molar-refractivity contribution in [3.8, 4) is 5.75 Å². The zero-order valence-electron chi connectivity index (χ0n) is 17.5. The van der Waals surface area contributed by atoms with Gasteiger partial charge in [-0.1, -0.05) is 25.5 Å². The van der Waals surface area contributed by atoms with Gasteiger partial charge in [0, 0.05) is 13.1 Å². The largest absolute Gasteiger partial charge is 0.497 e. The van der Waals surface area contributed by atoms with Crippen molar-refractivity contribution in [2.45, 2.75) is 52.1 Å². The molecule has 1 saturated heterocycles. The van der Waals surface area contributed by atoms with Crippen LogP contribution in [0, 0.1) is 5.92 Å². The number of piperidine rings is 1. The van der Waals surface area contributed by atoms with Gasteiger partial charge in [-0.05, 0) is 76.5 Å². The number of nitrogens with zero attached hydrogens (tertiary/aromatic N) is 2. The molecule has 1 atom stereocenters. The summed E-state index contributed by atoms with van der Waals surface area (Å²) in [6, 6.07) is 7.76. The lowest BCUT2D eigenvalue weighted by Crippen LogP contribution is -2.49. The molecule has 0 aromatic heterocycles. The van der Waals surface area contributed by atoms with Crippen molar-refractivity contribution in [3.05, 3.63) is 29.8 Å². The molecule has 5 heteroatoms. The molecule has 1 aromatic carbocycles. The smallest absolute Gasteiger partial charge is 0.237 e. The van der Waals surface area contributed by atoms with Crippen molar-refractivity contribution in [2.75, 3.05) is 40.3 Å². The second-order valence-electron chi connectivity index (χ2n) is 7.84. The lowest BCUT2D eigenvalue weighted by molar-refractivity contribution is -0.126. The number of likely N-dealkylation sites (tertiary alicyclic amines) is 1. The minimum Gasteiger partial charge on any atom is -0.497 e. The highest BCUT2D eigenvalue weighted by atomic mass is 16.5. The van der Waals surface area contributed by atoms with E-state index in [1.807, 2.05) is 31.2 Å². The van der Waals surface area contributed by atoms with Crippen molar-refractivity contribution in [3.63, 3.8) is 0 Å². The lowest BCUT2D eigenvalue weighted by Gasteiger charge is -2.36. The molecule has 0 aliphatic carbocycles. The predicted octanol–water partition coefficient (Wildman–Crippen LogP) is 3.14. The Morgan fingerprint density at radius 3 is 2.78 bits per heavy atom. The zero-order valence-corrected chi connectivity index (χ0v) is 17.5. The second-order valence-corrected chi connectivity index (χ2v) is 7.84. The van der Waals surface area contributed by atoms with Gasteiger partial charge in [0.25, 0.3) is 0 Å². The first-order valence-electron chi connectivity index (χ1n) is 10.4. The Labute approximate surface area is 165 Å². The number of methoxy groups -OCH3 is 1. The van der Waals surface area contributed by atoms with Crippen LogP contribution in [0.1, 0.15) is 45.1 Å². The number of carbonyl (C=O) groups is 1. The summed E-state index contributed by atoms with van der Waals surface area (Å²) in [5, 5.41) is 3.07. The molecule has 2 rings (SSSR count). The van der Waals surface area contributed by atoms with Crippen molar-refractivity contribution in [1.29, 1.82) is 0 Å². The quantitative estimate of drug-likeness (QED) is 0.682. The number of benzene rings is 1. The maximum Gasteiger partial charge on any atom is 0.237 e. The molecular formula is C22H37N3O2. The topological polar surface area (TPSA) is 44.8 Å². The van der Waals surface area contributed by atoms with E-state index in [0.29, 0.717) is 6.54 Å². The maximum atomic E-state index is 12.6. The van der Waals surface area contributed by atoms with E-state index in [1.165, 1.54) is 38.8 Å². The van der Waals surface area contributed by atoms with E-state index in [2.05, 4.69) is 29.1 Å². The van der Waals surface area contributed by atoms with Crippen molar-refractivity contribution in [1.82, 2.24) is 15.1 Å². The van der Waals surface area contributed by atoms with Gasteiger partial charge in [0.1, 0.15) is 5.75 Å². The first-order valence-corrected chi connectivity index (χ1v) is 10.4. The van der Waals surface area contributed by atoms with Gasteiger partial charge < -0.3 is 15.0 Å². The van der Waals surface area contributed by atoms with Gasteiger partial charge in [0.05, 0.1) is 13.2 Å². The molecule has 1 unspecified atom stereocenters. The fourth-order valence-corrected chi connectivity index (χ4v) is 3.77. The molecular weight excluding hydrogens is 338 g/mol. The number of unbranched alkanes of at least 4 members (excludes halogenated alkanes) is 1. The van der Waals surface area contributed by atoms with Crippen LogP contribution >= 0.6 is 0 Å². The molecule has 27 heavy (non-hydrogen) atoms. The monoisotopic (exact) mass is 375 g/mol. The molecule has 0 radical (unpaired) electrons. The summed E-state index contributed by atoms with van der Waals surface area (Å²) in [5.41, 5.74) is 1.06. The Balaban J connectivity index is 1.72. The highest BCUT2D eigenvalue weighted by molar-refractivity contribution is 5.81. The van der Waals surface area contributed by atoms with Gasteiger partial charge in [0.15, 0.2) is 0 Å². The number of hydrogen-bond donors (Lipinski definition) is 1. The molecule has 152 valence electrons. The first kappa shape index (κ1) is 21.7. The molecule has 1 N–H and O–H groups in total. The summed E-state index contributed by atoms with van der Waals surface area (Å²) in [6.07, 6.45) is 4.90. The Bertz CT molecular complexity index is 570. The van der Waals surface area contributed by atoms with Gasteiger partial charge in [-0.15, -0.1) is 0 Å². The third kappa shape index (κ3) is 7.15. The molecule has 1 amide bonds. The number of amides is 1. The lowest BCUT2D eigenvalue weighted by atomic mass is 9.95. The van der Waals surface area contributed by atoms with E-state index in [-0.39, 0.29) is 11.9 Å². The van der Waals surface area contributed by atoms with Crippen LogP contribution in [0.2, 0.25) is 0 Å². The van der Waals surface area contributed by atoms with Crippen LogP contribution in [0.25, 0.3) is 0 Å². The van der Waals surface area contributed by atoms with Gasteiger partial charge in [-0.3, -0.25) is 9.69 Å². The predicted molar refractivity (Wildman–Crippen MR) is 111 cm³/mol. The molecule has 1 heterocycles. The van der Waals surface area contributed by atoms with Crippen LogP contribution in [-0.2, 0) is 11.3 Å². The van der Waals surface area contributed by atoms with Crippen LogP contribution in [0.15, 0.2) is 24.3 Å². The second kappa shape index (κ2) is 11.3. The van der Waals surface area contributed by atoms with E-state index in [9.17, 15) is 4.79 Å². The summed E-state index contributed by atoms with van der Waals surface area (Å²) < 4.78 is 5.24. The van der Waals surface area contributed by atoms with E-state index in [1.54, 1.807) is 7.11 Å². The van der Waals surface area contributed by atoms with E-state index >= 15 is 0 Å². The molecule has 1 aliphatic heterocycles. The highest BCUT2D eigenvalue weighted by Gasteiger charge is 2.26. The van der Waals surface area contributed by atoms with E-state index < -0.39 is 0 Å². The summed E-state index contributed by atoms with van der Waals surface area (Å²) in [7, 11) is 3.89. The van der Waals surface area contributed by atoms with E-state index in [4.69, 9.17) is 4.74 Å². The molecule has 0 saturated carbocycles. The van der Waals surface area contributed by atoms with Gasteiger partial charge in [-0.2, -0.15) is 0 Å². The summed E-state index contributed by atoms with van der Waals surface area (Å²) in [5.74, 6) is 1.69. The van der Waals surface area contributed by atoms with Crippen molar-refractivity contribution in [2.24, 2.45) is 5.92 Å². The van der Waals surface area contributed by atoms with Crippen LogP contribution in [0.5, 0.6) is 5.75 Å². The van der Waals surface area contributed by atoms with Crippen LogP contribution in [0.3, 0.4) is 0 Å². The number of nitrogens with one attached hydrogen (secondary N) is 1. The number of hydrogen-bond acceptors (Lipinski definition) is 4. The fourth-order valence-electron chi connectivity index (χ4n) is 3.77. The molecule has 1 fully saturated rings. The Morgan fingerprint density at radius 2 is 2.11 bits per heavy atom. The molecule has 0 bridgehead atoms. The minimum absolute atomic E-state index is 0.0746. The van der Waals surface area contributed by atoms with Crippen LogP contribution < -0.4 is 10.1 Å². The average Bonchev–Trinajstić information content (AvgIpc) is 2.70. The van der Waals surface area contributed by atoms with Crippen LogP contribution in [0.4, 0.5) is 0 Å². The average molecular weight is 376 g/mol. The standard InChI is InChI=1S/C22H37N3O2/c1-5-6-12-24(3)17-19-10-13-25(14-11-19)18(2)22(26)23-16-20-8-7-9-21(15-20)27-4/h7-9,15,18-19H,5-6,10-14,16-17H2,1-4H3,(H,23,26). The third-order valence-electron chi connectivity index (χ3n) is 5.64. The van der Waals surface area contributed by atoms with Gasteiger partial charge >= 0.3 is 0 Å². The van der Waals surface area contributed by atoms with Gasteiger partial charge in [-0.25, -0.2) is 0 Å². The van der Waals surface area contributed by atoms with E-state index in [0.717, 1.165) is 30.3 Å². The number of ether oxygens (including phenoxy) is 1. The number of rotatable bonds is 10. The SMILES string of the molecule is CCCCN(C)CC1CCN(C(C)C(=O)NCc2cccc(OC)c2)CC1. The molecule has 1 aliphatic rings. The Kier molecular flexibility index (Phi) is 9.08. The molecule has 0 spiro atoms. The Morgan fingerprint density at radius 1 is 1.37 bits per heavy atom. The Hall–Kier alpha value is -1.59. The summed E-state index contributed by atoms with van der Waals surface area (Å²) in [6.45, 7) is 9.21. The normalized spacial score (nSPS) is 17.1. The number of carbonyl (C=O) groups excluding carboxylic acids is 1. The maximum absolute atomic E-state index is 12.6. The van der Waals surface area contributed by atoms with Crippen LogP contribution in [-0.4, -0.2) is 62.1 Å². The third-order valence-corrected chi connectivity index (χ3v) is 5.64. The summed E-state index contributed by atoms with van der Waals surface area (Å²) >= 11 is 0. The fraction of sp³-hybridized carbons (Fsp3) is 0.682. The van der Waals surface area contributed by atoms with Crippen molar-refractivity contribution >= 4 is 5.91 Å². The van der Waals surface area contributed by atoms with Crippen molar-refractivity contribution < 1.29 is 9.53 Å². The van der Waals surface area contributed by atoms with Gasteiger partial charge in [0.2, 0.25) is 5.91 Å².